The number of aliphatic hydroxyl groups is 1. The van der Waals surface area contributed by atoms with Crippen molar-refractivity contribution in [2.24, 2.45) is 5.41 Å². The molecule has 1 amide bonds. The highest BCUT2D eigenvalue weighted by Crippen LogP contribution is 2.53. The molecule has 2 aromatic rings. The quantitative estimate of drug-likeness (QED) is 0.859. The lowest BCUT2D eigenvalue weighted by Crippen LogP contribution is -2.46. The van der Waals surface area contributed by atoms with Crippen LogP contribution in [0, 0.1) is 5.41 Å². The van der Waals surface area contributed by atoms with Crippen LogP contribution < -0.4 is 5.32 Å². The smallest absolute Gasteiger partial charge is 0.394 e. The molecule has 4 rings (SSSR count). The Morgan fingerprint density at radius 3 is 2.59 bits per heavy atom. The minimum atomic E-state index is -4.50. The number of aliphatic hydroxyl groups excluding tert-OH is 1. The molecule has 0 bridgehead atoms. The van der Waals surface area contributed by atoms with Crippen molar-refractivity contribution in [3.05, 3.63) is 52.8 Å². The molecule has 2 heterocycles. The predicted molar refractivity (Wildman–Crippen MR) is 90.9 cm³/mol. The highest BCUT2D eigenvalue weighted by molar-refractivity contribution is 5.93. The molecule has 1 aromatic heterocycles. The summed E-state index contributed by atoms with van der Waals surface area (Å²) in [6.45, 7) is 1.75. The topological polar surface area (TPSA) is 67.2 Å². The van der Waals surface area contributed by atoms with Crippen LogP contribution in [0.3, 0.4) is 0 Å². The molecule has 0 saturated heterocycles. The highest BCUT2D eigenvalue weighted by Gasteiger charge is 2.48. The molecule has 0 radical (unpaired) electrons. The standard InChI is InChI=1S/C19H20F3N3O2/c1-17(11-26,12-3-2-4-13(7-12)19(20,21)22)23-16(27)15-8-14-9-18(5-6-18)10-25(14)24-15/h2-4,7-8,26H,5-6,9-11H2,1H3,(H,23,27). The number of halogens is 3. The number of alkyl halides is 3. The molecule has 1 aliphatic heterocycles. The maximum atomic E-state index is 13.0. The van der Waals surface area contributed by atoms with Gasteiger partial charge in [-0.05, 0) is 55.4 Å². The molecule has 1 atom stereocenters. The van der Waals surface area contributed by atoms with Gasteiger partial charge < -0.3 is 10.4 Å². The fraction of sp³-hybridized carbons (Fsp3) is 0.474. The Kier molecular flexibility index (Phi) is 3.89. The Bertz CT molecular complexity index is 876. The SMILES string of the molecule is CC(CO)(NC(=O)c1cc2n(n1)CC1(CC1)C2)c1cccc(C(F)(F)F)c1. The third-order valence-electron chi connectivity index (χ3n) is 5.63. The molecule has 1 aliphatic carbocycles. The zero-order chi connectivity index (χ0) is 19.4. The Labute approximate surface area is 154 Å². The van der Waals surface area contributed by atoms with Crippen LogP contribution in [0.25, 0.3) is 0 Å². The van der Waals surface area contributed by atoms with Gasteiger partial charge in [-0.15, -0.1) is 0 Å². The summed E-state index contributed by atoms with van der Waals surface area (Å²) >= 11 is 0. The number of rotatable bonds is 4. The number of hydrogen-bond donors (Lipinski definition) is 2. The third kappa shape index (κ3) is 3.22. The largest absolute Gasteiger partial charge is 0.416 e. The van der Waals surface area contributed by atoms with Gasteiger partial charge in [-0.25, -0.2) is 0 Å². The summed E-state index contributed by atoms with van der Waals surface area (Å²) in [5.41, 5.74) is -0.463. The molecule has 1 fully saturated rings. The van der Waals surface area contributed by atoms with Gasteiger partial charge in [-0.1, -0.05) is 12.1 Å². The van der Waals surface area contributed by atoms with Crippen molar-refractivity contribution in [2.75, 3.05) is 6.61 Å². The number of aromatic nitrogens is 2. The lowest BCUT2D eigenvalue weighted by atomic mass is 9.91. The fourth-order valence-corrected chi connectivity index (χ4v) is 3.67. The average molecular weight is 379 g/mol. The van der Waals surface area contributed by atoms with E-state index < -0.39 is 29.8 Å². The van der Waals surface area contributed by atoms with Crippen molar-refractivity contribution in [3.8, 4) is 0 Å². The first-order chi connectivity index (χ1) is 12.6. The molecule has 1 spiro atoms. The van der Waals surface area contributed by atoms with Gasteiger partial charge in [-0.3, -0.25) is 9.48 Å². The van der Waals surface area contributed by atoms with E-state index in [0.717, 1.165) is 30.8 Å². The molecular formula is C19H20F3N3O2. The van der Waals surface area contributed by atoms with Gasteiger partial charge in [0.2, 0.25) is 0 Å². The predicted octanol–water partition coefficient (Wildman–Crippen LogP) is 2.88. The minimum Gasteiger partial charge on any atom is -0.394 e. The zero-order valence-corrected chi connectivity index (χ0v) is 14.8. The molecule has 5 nitrogen and oxygen atoms in total. The van der Waals surface area contributed by atoms with E-state index in [1.807, 2.05) is 4.68 Å². The zero-order valence-electron chi connectivity index (χ0n) is 14.8. The number of nitrogens with zero attached hydrogens (tertiary/aromatic N) is 2. The Balaban J connectivity index is 1.55. The van der Waals surface area contributed by atoms with Crippen molar-refractivity contribution in [2.45, 2.75) is 44.4 Å². The molecule has 2 aliphatic rings. The van der Waals surface area contributed by atoms with E-state index in [2.05, 4.69) is 10.4 Å². The minimum absolute atomic E-state index is 0.178. The van der Waals surface area contributed by atoms with E-state index in [1.54, 1.807) is 6.07 Å². The van der Waals surface area contributed by atoms with Gasteiger partial charge in [0.25, 0.3) is 5.91 Å². The van der Waals surface area contributed by atoms with Crippen LogP contribution in [-0.2, 0) is 24.7 Å². The number of benzene rings is 1. The highest BCUT2D eigenvalue weighted by atomic mass is 19.4. The van der Waals surface area contributed by atoms with Crippen LogP contribution in [0.2, 0.25) is 0 Å². The van der Waals surface area contributed by atoms with Gasteiger partial charge >= 0.3 is 6.18 Å². The molecule has 1 saturated carbocycles. The van der Waals surface area contributed by atoms with Crippen molar-refractivity contribution in [1.29, 1.82) is 0 Å². The number of carbonyl (C=O) groups is 1. The summed E-state index contributed by atoms with van der Waals surface area (Å²) in [5, 5.41) is 16.8. The van der Waals surface area contributed by atoms with Crippen LogP contribution in [0.15, 0.2) is 30.3 Å². The first kappa shape index (κ1) is 18.0. The van der Waals surface area contributed by atoms with Gasteiger partial charge in [0.05, 0.1) is 17.7 Å². The van der Waals surface area contributed by atoms with Gasteiger partial charge in [-0.2, -0.15) is 18.3 Å². The number of hydrogen-bond acceptors (Lipinski definition) is 3. The maximum absolute atomic E-state index is 13.0. The lowest BCUT2D eigenvalue weighted by Gasteiger charge is -2.29. The van der Waals surface area contributed by atoms with Crippen LogP contribution in [0.1, 0.15) is 47.1 Å². The van der Waals surface area contributed by atoms with Crippen LogP contribution >= 0.6 is 0 Å². The molecule has 8 heteroatoms. The second-order valence-electron chi connectivity index (χ2n) is 7.88. The maximum Gasteiger partial charge on any atom is 0.416 e. The molecule has 1 aromatic carbocycles. The number of fused-ring (bicyclic) bond motifs is 1. The van der Waals surface area contributed by atoms with Crippen molar-refractivity contribution in [3.63, 3.8) is 0 Å². The number of carbonyl (C=O) groups excluding carboxylic acids is 1. The first-order valence-corrected chi connectivity index (χ1v) is 8.82. The van der Waals surface area contributed by atoms with E-state index in [4.69, 9.17) is 0 Å². The second kappa shape index (κ2) is 5.82. The second-order valence-corrected chi connectivity index (χ2v) is 7.88. The normalized spacial score (nSPS) is 19.6. The van der Waals surface area contributed by atoms with Crippen molar-refractivity contribution >= 4 is 5.91 Å². The van der Waals surface area contributed by atoms with E-state index in [-0.39, 0.29) is 11.3 Å². The summed E-state index contributed by atoms with van der Waals surface area (Å²) in [6.07, 6.45) is -1.25. The Hall–Kier alpha value is -2.35. The van der Waals surface area contributed by atoms with E-state index >= 15 is 0 Å². The van der Waals surface area contributed by atoms with E-state index in [1.165, 1.54) is 31.9 Å². The summed E-state index contributed by atoms with van der Waals surface area (Å²) in [7, 11) is 0. The fourth-order valence-electron chi connectivity index (χ4n) is 3.67. The number of amides is 1. The average Bonchev–Trinajstić information content (AvgIpc) is 3.11. The van der Waals surface area contributed by atoms with E-state index in [0.29, 0.717) is 5.41 Å². The van der Waals surface area contributed by atoms with E-state index in [9.17, 15) is 23.1 Å². The monoisotopic (exact) mass is 379 g/mol. The van der Waals surface area contributed by atoms with Gasteiger partial charge in [0.1, 0.15) is 5.69 Å². The summed E-state index contributed by atoms with van der Waals surface area (Å²) < 4.78 is 40.8. The summed E-state index contributed by atoms with van der Waals surface area (Å²) in [5.74, 6) is -0.518. The number of nitrogens with one attached hydrogen (secondary N) is 1. The van der Waals surface area contributed by atoms with Crippen molar-refractivity contribution in [1.82, 2.24) is 15.1 Å². The van der Waals surface area contributed by atoms with Crippen LogP contribution in [0.4, 0.5) is 13.2 Å². The summed E-state index contributed by atoms with van der Waals surface area (Å²) in [4.78, 5) is 12.6. The summed E-state index contributed by atoms with van der Waals surface area (Å²) in [6, 6.07) is 6.35. The van der Waals surface area contributed by atoms with Crippen LogP contribution in [-0.4, -0.2) is 27.4 Å². The molecule has 27 heavy (non-hydrogen) atoms. The Morgan fingerprint density at radius 2 is 2.00 bits per heavy atom. The molecule has 144 valence electrons. The van der Waals surface area contributed by atoms with Gasteiger partial charge in [0.15, 0.2) is 0 Å². The first-order valence-electron chi connectivity index (χ1n) is 8.82. The van der Waals surface area contributed by atoms with Crippen molar-refractivity contribution < 1.29 is 23.1 Å². The molecule has 2 N–H and O–H groups in total. The third-order valence-corrected chi connectivity index (χ3v) is 5.63. The molecule has 1 unspecified atom stereocenters. The Morgan fingerprint density at radius 1 is 1.30 bits per heavy atom. The lowest BCUT2D eigenvalue weighted by molar-refractivity contribution is -0.137. The van der Waals surface area contributed by atoms with Crippen LogP contribution in [0.5, 0.6) is 0 Å². The molecular weight excluding hydrogens is 359 g/mol. The van der Waals surface area contributed by atoms with Gasteiger partial charge in [0, 0.05) is 12.2 Å².